The van der Waals surface area contributed by atoms with Gasteiger partial charge in [0.25, 0.3) is 11.5 Å². The second kappa shape index (κ2) is 11.0. The molecule has 41 heavy (non-hydrogen) atoms. The van der Waals surface area contributed by atoms with E-state index >= 15 is 0 Å². The number of fused-ring (bicyclic) bond motifs is 1. The number of hydrogen-bond acceptors (Lipinski definition) is 8. The number of carbonyl (C=O) groups is 1. The van der Waals surface area contributed by atoms with Crippen LogP contribution in [0.4, 0.5) is 19.1 Å². The third kappa shape index (κ3) is 5.84. The average Bonchev–Trinajstić information content (AvgIpc) is 3.36. The van der Waals surface area contributed by atoms with Gasteiger partial charge in [0.05, 0.1) is 36.7 Å². The lowest BCUT2D eigenvalue weighted by molar-refractivity contribution is -0.125. The van der Waals surface area contributed by atoms with Gasteiger partial charge in [0, 0.05) is 36.7 Å². The SMILES string of the molecule is COc1cc(F)cc([C@@H](CO)NC(=O)[C@@H](C)n2cnn3cc(-c4nc(NC5CC(F)(F)C5)ncc4Cl)cc3c2=O)c1. The second-order valence-corrected chi connectivity index (χ2v) is 10.1. The Bertz CT molecular complexity index is 1670. The minimum absolute atomic E-state index is 0.110. The molecule has 5 rings (SSSR count). The molecule has 4 aromatic rings. The highest BCUT2D eigenvalue weighted by atomic mass is 35.5. The molecule has 1 aromatic carbocycles. The van der Waals surface area contributed by atoms with Crippen LogP contribution in [0, 0.1) is 5.82 Å². The monoisotopic (exact) mass is 591 g/mol. The van der Waals surface area contributed by atoms with E-state index in [0.717, 1.165) is 16.7 Å². The molecule has 15 heteroatoms. The molecule has 1 amide bonds. The Balaban J connectivity index is 1.38. The predicted molar refractivity (Wildman–Crippen MR) is 143 cm³/mol. The first kappa shape index (κ1) is 28.4. The number of carbonyl (C=O) groups excluding carboxylic acids is 1. The van der Waals surface area contributed by atoms with Crippen LogP contribution in [-0.4, -0.2) is 60.8 Å². The highest BCUT2D eigenvalue weighted by molar-refractivity contribution is 6.32. The zero-order chi connectivity index (χ0) is 29.5. The van der Waals surface area contributed by atoms with Crippen LogP contribution in [0.1, 0.15) is 37.4 Å². The maximum Gasteiger partial charge on any atom is 0.278 e. The third-order valence-corrected chi connectivity index (χ3v) is 7.10. The topological polar surface area (TPSA) is 136 Å². The Morgan fingerprint density at radius 2 is 2.05 bits per heavy atom. The molecular weight excluding hydrogens is 567 g/mol. The lowest BCUT2D eigenvalue weighted by atomic mass is 9.88. The van der Waals surface area contributed by atoms with Gasteiger partial charge in [-0.1, -0.05) is 11.6 Å². The van der Waals surface area contributed by atoms with Crippen molar-refractivity contribution in [3.8, 4) is 17.0 Å². The molecular formula is C26H25ClF3N7O4. The Morgan fingerprint density at radius 3 is 2.73 bits per heavy atom. The zero-order valence-corrected chi connectivity index (χ0v) is 22.6. The van der Waals surface area contributed by atoms with Gasteiger partial charge in [0.2, 0.25) is 11.9 Å². The van der Waals surface area contributed by atoms with Crippen molar-refractivity contribution in [3.05, 3.63) is 69.7 Å². The molecule has 0 bridgehead atoms. The van der Waals surface area contributed by atoms with Crippen molar-refractivity contribution in [2.24, 2.45) is 0 Å². The van der Waals surface area contributed by atoms with Gasteiger partial charge < -0.3 is 20.5 Å². The highest BCUT2D eigenvalue weighted by Gasteiger charge is 2.45. The maximum absolute atomic E-state index is 14.0. The number of halogens is 4. The van der Waals surface area contributed by atoms with Crippen LogP contribution in [0.5, 0.6) is 5.75 Å². The number of alkyl halides is 2. The number of nitrogens with zero attached hydrogens (tertiary/aromatic N) is 5. The van der Waals surface area contributed by atoms with Gasteiger partial charge in [-0.25, -0.2) is 27.7 Å². The molecule has 0 spiro atoms. The second-order valence-electron chi connectivity index (χ2n) is 9.74. The van der Waals surface area contributed by atoms with E-state index in [0.29, 0.717) is 5.56 Å². The van der Waals surface area contributed by atoms with Crippen LogP contribution in [0.15, 0.2) is 47.8 Å². The lowest BCUT2D eigenvalue weighted by Crippen LogP contribution is -2.44. The first-order valence-corrected chi connectivity index (χ1v) is 12.9. The van der Waals surface area contributed by atoms with Crippen molar-refractivity contribution >= 4 is 29.0 Å². The van der Waals surface area contributed by atoms with Gasteiger partial charge in [-0.15, -0.1) is 0 Å². The summed E-state index contributed by atoms with van der Waals surface area (Å²) in [6, 6.07) is 2.81. The van der Waals surface area contributed by atoms with E-state index in [1.165, 1.54) is 49.4 Å². The van der Waals surface area contributed by atoms with Crippen LogP contribution in [0.2, 0.25) is 5.02 Å². The number of aromatic nitrogens is 5. The van der Waals surface area contributed by atoms with Gasteiger partial charge in [-0.3, -0.25) is 14.2 Å². The number of benzene rings is 1. The molecule has 1 aliphatic rings. The van der Waals surface area contributed by atoms with Gasteiger partial charge in [-0.05, 0) is 30.7 Å². The smallest absolute Gasteiger partial charge is 0.278 e. The van der Waals surface area contributed by atoms with Crippen LogP contribution >= 0.6 is 11.6 Å². The minimum Gasteiger partial charge on any atom is -0.497 e. The Morgan fingerprint density at radius 1 is 1.29 bits per heavy atom. The fourth-order valence-corrected chi connectivity index (χ4v) is 4.75. The van der Waals surface area contributed by atoms with Crippen molar-refractivity contribution in [3.63, 3.8) is 0 Å². The number of ether oxygens (including phenoxy) is 1. The molecule has 0 saturated heterocycles. The number of hydrogen-bond donors (Lipinski definition) is 3. The molecule has 3 N–H and O–H groups in total. The van der Waals surface area contributed by atoms with E-state index in [2.05, 4.69) is 25.7 Å². The Hall–Kier alpha value is -4.17. The summed E-state index contributed by atoms with van der Waals surface area (Å²) in [5.41, 5.74) is 0.511. The van der Waals surface area contributed by atoms with Crippen LogP contribution in [0.25, 0.3) is 16.8 Å². The number of nitrogens with one attached hydrogen (secondary N) is 2. The molecule has 3 heterocycles. The van der Waals surface area contributed by atoms with Crippen molar-refractivity contribution in [2.75, 3.05) is 19.0 Å². The molecule has 1 saturated carbocycles. The van der Waals surface area contributed by atoms with E-state index in [9.17, 15) is 27.9 Å². The van der Waals surface area contributed by atoms with Gasteiger partial charge in [0.1, 0.15) is 29.5 Å². The summed E-state index contributed by atoms with van der Waals surface area (Å²) < 4.78 is 47.8. The number of aliphatic hydroxyl groups is 1. The summed E-state index contributed by atoms with van der Waals surface area (Å²) in [6.07, 6.45) is 3.38. The van der Waals surface area contributed by atoms with Gasteiger partial charge in [0.15, 0.2) is 0 Å². The Labute approximate surface area is 235 Å². The number of aliphatic hydroxyl groups excluding tert-OH is 1. The van der Waals surface area contributed by atoms with Gasteiger partial charge in [-0.2, -0.15) is 5.10 Å². The number of methoxy groups -OCH3 is 1. The van der Waals surface area contributed by atoms with Crippen LogP contribution in [-0.2, 0) is 4.79 Å². The molecule has 1 aliphatic carbocycles. The molecule has 1 fully saturated rings. The summed E-state index contributed by atoms with van der Waals surface area (Å²) >= 11 is 6.30. The van der Waals surface area contributed by atoms with Crippen LogP contribution < -0.4 is 20.9 Å². The summed E-state index contributed by atoms with van der Waals surface area (Å²) in [5.74, 6) is -3.61. The van der Waals surface area contributed by atoms with Gasteiger partial charge >= 0.3 is 0 Å². The molecule has 11 nitrogen and oxygen atoms in total. The van der Waals surface area contributed by atoms with E-state index < -0.39 is 47.9 Å². The largest absolute Gasteiger partial charge is 0.497 e. The van der Waals surface area contributed by atoms with Crippen molar-refractivity contribution in [1.29, 1.82) is 0 Å². The zero-order valence-electron chi connectivity index (χ0n) is 21.8. The molecule has 3 aromatic heterocycles. The van der Waals surface area contributed by atoms with E-state index in [1.54, 1.807) is 0 Å². The van der Waals surface area contributed by atoms with E-state index in [-0.39, 0.29) is 46.3 Å². The summed E-state index contributed by atoms with van der Waals surface area (Å²) in [6.45, 7) is 0.946. The van der Waals surface area contributed by atoms with E-state index in [4.69, 9.17) is 16.3 Å². The van der Waals surface area contributed by atoms with E-state index in [1.807, 2.05) is 0 Å². The summed E-state index contributed by atoms with van der Waals surface area (Å²) in [4.78, 5) is 34.8. The third-order valence-electron chi connectivity index (χ3n) is 6.82. The number of amides is 1. The molecule has 0 aliphatic heterocycles. The van der Waals surface area contributed by atoms with Crippen LogP contribution in [0.3, 0.4) is 0 Å². The van der Waals surface area contributed by atoms with Crippen molar-refractivity contribution < 1.29 is 27.8 Å². The van der Waals surface area contributed by atoms with Crippen molar-refractivity contribution in [2.45, 2.75) is 43.8 Å². The first-order chi connectivity index (χ1) is 19.5. The molecule has 216 valence electrons. The minimum atomic E-state index is -2.71. The summed E-state index contributed by atoms with van der Waals surface area (Å²) in [5, 5.41) is 19.7. The standard InChI is InChI=1S/C26H25ClF3N7O4/c1-13(23(39)34-20(11-38)14-3-16(28)6-18(4-14)41-2)36-12-32-37-10-15(5-21(37)24(36)40)22-19(27)9-31-25(35-22)33-17-7-26(29,30)8-17/h3-6,9-10,12-13,17,20,38H,7-8,11H2,1-2H3,(H,34,39)(H,31,33,35)/t13-,20-/m1/s1. The first-order valence-electron chi connectivity index (χ1n) is 12.5. The highest BCUT2D eigenvalue weighted by Crippen LogP contribution is 2.39. The predicted octanol–water partition coefficient (Wildman–Crippen LogP) is 3.37. The normalized spacial score (nSPS) is 16.2. The molecule has 0 radical (unpaired) electrons. The fraction of sp³-hybridized carbons (Fsp3) is 0.346. The number of rotatable bonds is 9. The average molecular weight is 592 g/mol. The van der Waals surface area contributed by atoms with Crippen molar-refractivity contribution in [1.82, 2.24) is 29.5 Å². The quantitative estimate of drug-likeness (QED) is 0.270. The molecule has 0 unspecified atom stereocenters. The Kier molecular flexibility index (Phi) is 7.62. The summed E-state index contributed by atoms with van der Waals surface area (Å²) in [7, 11) is 1.36. The number of anilines is 1. The fourth-order valence-electron chi connectivity index (χ4n) is 4.55. The lowest BCUT2D eigenvalue weighted by Gasteiger charge is -2.35. The molecule has 2 atom stereocenters. The maximum atomic E-state index is 14.0.